The van der Waals surface area contributed by atoms with Crippen molar-refractivity contribution in [3.63, 3.8) is 0 Å². The van der Waals surface area contributed by atoms with Crippen LogP contribution >= 0.6 is 34.8 Å². The molecule has 1 unspecified atom stereocenters. The van der Waals surface area contributed by atoms with Crippen LogP contribution in [0.1, 0.15) is 0 Å². The number of rotatable bonds is 1. The lowest BCUT2D eigenvalue weighted by molar-refractivity contribution is 0.0787. The predicted molar refractivity (Wildman–Crippen MR) is 25.9 cm³/mol. The molecule has 43 valence electrons. The van der Waals surface area contributed by atoms with Crippen LogP contribution in [0.2, 0.25) is 0 Å². The molecule has 0 aromatic carbocycles. The van der Waals surface area contributed by atoms with Gasteiger partial charge in [-0.15, -0.1) is 0 Å². The number of hydrogen-bond donors (Lipinski definition) is 0. The van der Waals surface area contributed by atoms with Gasteiger partial charge in [-0.1, -0.05) is 34.8 Å². The van der Waals surface area contributed by atoms with Crippen molar-refractivity contribution in [1.29, 1.82) is 0 Å². The van der Waals surface area contributed by atoms with Crippen molar-refractivity contribution >= 4 is 34.8 Å². The summed E-state index contributed by atoms with van der Waals surface area (Å²) in [5, 5.41) is 9.83. The minimum Gasteiger partial charge on any atom is -0.224 e. The molecule has 1 radical (unpaired) electrons. The summed E-state index contributed by atoms with van der Waals surface area (Å²) in [7, 11) is 0. The minimum atomic E-state index is -2.71. The predicted octanol–water partition coefficient (Wildman–Crippen LogP) is 2.08. The Morgan fingerprint density at radius 3 is 1.71 bits per heavy atom. The van der Waals surface area contributed by atoms with Gasteiger partial charge in [0.1, 0.15) is 0 Å². The van der Waals surface area contributed by atoms with Gasteiger partial charge in [-0.05, 0) is 0 Å². The molecule has 0 spiro atoms. The van der Waals surface area contributed by atoms with E-state index >= 15 is 0 Å². The lowest BCUT2D eigenvalue weighted by Gasteiger charge is -2.05. The zero-order valence-corrected chi connectivity index (χ0v) is 5.27. The normalized spacial score (nSPS) is 16.7. The third-order valence-electron chi connectivity index (χ3n) is 0.254. The van der Waals surface area contributed by atoms with Crippen molar-refractivity contribution in [2.24, 2.45) is 0 Å². The third kappa shape index (κ3) is 3.35. The second-order valence-corrected chi connectivity index (χ2v) is 2.56. The van der Waals surface area contributed by atoms with Crippen LogP contribution in [0.3, 0.4) is 0 Å². The second kappa shape index (κ2) is 2.35. The molecule has 0 aliphatic heterocycles. The van der Waals surface area contributed by atoms with Crippen molar-refractivity contribution < 1.29 is 9.50 Å². The Balaban J connectivity index is 3.54. The van der Waals surface area contributed by atoms with Crippen LogP contribution in [0.15, 0.2) is 0 Å². The fourth-order valence-corrected chi connectivity index (χ4v) is 0. The first-order valence-corrected chi connectivity index (χ1v) is 2.50. The van der Waals surface area contributed by atoms with Gasteiger partial charge in [0.2, 0.25) is 5.63 Å². The van der Waals surface area contributed by atoms with E-state index in [4.69, 9.17) is 0 Å². The van der Waals surface area contributed by atoms with Gasteiger partial charge in [0.05, 0.1) is 0 Å². The van der Waals surface area contributed by atoms with Gasteiger partial charge in [-0.2, -0.15) is 5.11 Å². The van der Waals surface area contributed by atoms with Crippen molar-refractivity contribution in [1.82, 2.24) is 0 Å². The molecular formula is C2HCl3FO. The first-order valence-electron chi connectivity index (χ1n) is 1.31. The minimum absolute atomic E-state index is 2.25. The maximum atomic E-state index is 11.4. The Labute approximate surface area is 55.0 Å². The Morgan fingerprint density at radius 1 is 1.57 bits per heavy atom. The van der Waals surface area contributed by atoms with E-state index in [-0.39, 0.29) is 0 Å². The summed E-state index contributed by atoms with van der Waals surface area (Å²) < 4.78 is 8.69. The van der Waals surface area contributed by atoms with E-state index < -0.39 is 10.2 Å². The smallest absolute Gasteiger partial charge is 0.224 e. The number of halogens is 4. The van der Waals surface area contributed by atoms with Crippen LogP contribution < -0.4 is 0 Å². The molecule has 0 bridgehead atoms. The van der Waals surface area contributed by atoms with E-state index in [0.717, 1.165) is 0 Å². The summed E-state index contributed by atoms with van der Waals surface area (Å²) in [5.41, 5.74) is -2.25. The number of hydrogen-bond acceptors (Lipinski definition) is 0. The SMILES string of the molecule is [O]C(Cl)(Cl)C(F)Cl. The highest BCUT2D eigenvalue weighted by molar-refractivity contribution is 6.50. The molecule has 0 heterocycles. The molecule has 5 heteroatoms. The molecular weight excluding hydrogens is 165 g/mol. The maximum Gasteiger partial charge on any atom is 0.295 e. The fraction of sp³-hybridized carbons (Fsp3) is 1.00. The highest BCUT2D eigenvalue weighted by Gasteiger charge is 2.32. The molecule has 0 aliphatic carbocycles. The molecule has 0 amide bonds. The lowest BCUT2D eigenvalue weighted by Crippen LogP contribution is -2.18. The lowest BCUT2D eigenvalue weighted by atomic mass is 10.8. The Bertz CT molecular complexity index is 58.4. The highest BCUT2D eigenvalue weighted by atomic mass is 35.5. The van der Waals surface area contributed by atoms with Crippen LogP contribution in [0.5, 0.6) is 0 Å². The first-order chi connectivity index (χ1) is 2.94. The first kappa shape index (κ1) is 7.76. The molecule has 0 aromatic heterocycles. The standard InChI is InChI=1S/C2HCl3FO/c3-1(6)2(4,5)7/h1H. The van der Waals surface area contributed by atoms with Crippen LogP contribution in [-0.2, 0) is 5.11 Å². The summed E-state index contributed by atoms with van der Waals surface area (Å²) in [5.74, 6) is 0. The molecule has 0 saturated heterocycles. The van der Waals surface area contributed by atoms with E-state index in [2.05, 4.69) is 34.8 Å². The van der Waals surface area contributed by atoms with Gasteiger partial charge in [0.15, 0.2) is 0 Å². The summed E-state index contributed by atoms with van der Waals surface area (Å²) in [6.07, 6.45) is 0. The van der Waals surface area contributed by atoms with Crippen LogP contribution in [-0.4, -0.2) is 10.2 Å². The van der Waals surface area contributed by atoms with Crippen molar-refractivity contribution in [3.05, 3.63) is 0 Å². The summed E-state index contributed by atoms with van der Waals surface area (Å²) >= 11 is 13.7. The van der Waals surface area contributed by atoms with Gasteiger partial charge in [0, 0.05) is 0 Å². The van der Waals surface area contributed by atoms with Gasteiger partial charge in [-0.3, -0.25) is 0 Å². The molecule has 1 atom stereocenters. The fourth-order valence-electron chi connectivity index (χ4n) is 0. The molecule has 0 aromatic rings. The average molecular weight is 166 g/mol. The van der Waals surface area contributed by atoms with Gasteiger partial charge in [0.25, 0.3) is 4.52 Å². The molecule has 1 nitrogen and oxygen atoms in total. The summed E-state index contributed by atoms with van der Waals surface area (Å²) in [6, 6.07) is 0. The Hall–Kier alpha value is 0.760. The van der Waals surface area contributed by atoms with Crippen molar-refractivity contribution in [2.45, 2.75) is 10.2 Å². The molecule has 0 rings (SSSR count). The molecule has 0 N–H and O–H groups in total. The Morgan fingerprint density at radius 2 is 1.71 bits per heavy atom. The summed E-state index contributed by atoms with van der Waals surface area (Å²) in [4.78, 5) is 0. The zero-order valence-electron chi connectivity index (χ0n) is 3.00. The van der Waals surface area contributed by atoms with Gasteiger partial charge < -0.3 is 0 Å². The topological polar surface area (TPSA) is 19.9 Å². The van der Waals surface area contributed by atoms with Crippen molar-refractivity contribution in [2.75, 3.05) is 0 Å². The van der Waals surface area contributed by atoms with E-state index in [0.29, 0.717) is 0 Å². The van der Waals surface area contributed by atoms with Crippen LogP contribution in [0.25, 0.3) is 0 Å². The average Bonchev–Trinajstić information content (AvgIpc) is 1.31. The molecule has 0 saturated carbocycles. The maximum absolute atomic E-state index is 11.4. The van der Waals surface area contributed by atoms with E-state index in [1.54, 1.807) is 0 Å². The molecule has 0 aliphatic rings. The van der Waals surface area contributed by atoms with Gasteiger partial charge in [-0.25, -0.2) is 4.39 Å². The highest BCUT2D eigenvalue weighted by Crippen LogP contribution is 2.27. The van der Waals surface area contributed by atoms with E-state index in [1.807, 2.05) is 0 Å². The monoisotopic (exact) mass is 165 g/mol. The zero-order chi connectivity index (χ0) is 6.08. The molecule has 0 fully saturated rings. The van der Waals surface area contributed by atoms with Crippen LogP contribution in [0.4, 0.5) is 4.39 Å². The Kier molecular flexibility index (Phi) is 2.61. The third-order valence-corrected chi connectivity index (χ3v) is 1.17. The molecule has 7 heavy (non-hydrogen) atoms. The number of alkyl halides is 4. The summed E-state index contributed by atoms with van der Waals surface area (Å²) in [6.45, 7) is 0. The van der Waals surface area contributed by atoms with E-state index in [9.17, 15) is 9.50 Å². The largest absolute Gasteiger partial charge is 0.295 e. The van der Waals surface area contributed by atoms with Crippen molar-refractivity contribution in [3.8, 4) is 0 Å². The van der Waals surface area contributed by atoms with Crippen LogP contribution in [0, 0.1) is 0 Å². The second-order valence-electron chi connectivity index (χ2n) is 0.862. The van der Waals surface area contributed by atoms with E-state index in [1.165, 1.54) is 0 Å². The quantitative estimate of drug-likeness (QED) is 0.532. The van der Waals surface area contributed by atoms with Gasteiger partial charge >= 0.3 is 0 Å².